The molecule has 0 aliphatic carbocycles. The van der Waals surface area contributed by atoms with E-state index in [9.17, 15) is 9.18 Å². The van der Waals surface area contributed by atoms with Crippen molar-refractivity contribution in [1.29, 1.82) is 0 Å². The fourth-order valence-corrected chi connectivity index (χ4v) is 2.40. The Bertz CT molecular complexity index is 472. The van der Waals surface area contributed by atoms with E-state index >= 15 is 0 Å². The van der Waals surface area contributed by atoms with Crippen LogP contribution in [0.15, 0.2) is 16.6 Å². The zero-order valence-electron chi connectivity index (χ0n) is 9.73. The third-order valence-electron chi connectivity index (χ3n) is 3.32. The molecule has 0 spiro atoms. The van der Waals surface area contributed by atoms with Crippen molar-refractivity contribution in [2.45, 2.75) is 32.2 Å². The van der Waals surface area contributed by atoms with E-state index < -0.39 is 5.54 Å². The lowest BCUT2D eigenvalue weighted by atomic mass is 9.89. The Kier molecular flexibility index (Phi) is 3.12. The molecule has 0 aromatic heterocycles. The molecule has 2 rings (SSSR count). The lowest BCUT2D eigenvalue weighted by molar-refractivity contribution is -0.120. The van der Waals surface area contributed by atoms with Crippen LogP contribution in [0.3, 0.4) is 0 Å². The van der Waals surface area contributed by atoms with Gasteiger partial charge in [0.15, 0.2) is 0 Å². The first-order chi connectivity index (χ1) is 8.02. The molecular formula is C12H14BrFN2O. The molecule has 1 aromatic carbocycles. The summed E-state index contributed by atoms with van der Waals surface area (Å²) in [4.78, 5) is 12.1. The maximum Gasteiger partial charge on any atom is 0.250 e. The lowest BCUT2D eigenvalue weighted by Crippen LogP contribution is -2.51. The second-order valence-electron chi connectivity index (χ2n) is 4.18. The second kappa shape index (κ2) is 4.29. The first-order valence-corrected chi connectivity index (χ1v) is 6.40. The Hall–Kier alpha value is -1.10. The molecule has 17 heavy (non-hydrogen) atoms. The highest BCUT2D eigenvalue weighted by molar-refractivity contribution is 9.10. The number of anilines is 2. The third-order valence-corrected chi connectivity index (χ3v) is 3.93. The molecule has 1 aliphatic rings. The maximum atomic E-state index is 13.5. The Morgan fingerprint density at radius 2 is 1.94 bits per heavy atom. The van der Waals surface area contributed by atoms with Gasteiger partial charge in [-0.15, -0.1) is 0 Å². The number of carbonyl (C=O) groups excluding carboxylic acids is 1. The number of nitrogens with one attached hydrogen (secondary N) is 2. The average Bonchev–Trinajstić information content (AvgIpc) is 2.31. The number of rotatable bonds is 2. The van der Waals surface area contributed by atoms with Gasteiger partial charge in [0.25, 0.3) is 0 Å². The third kappa shape index (κ3) is 1.92. The summed E-state index contributed by atoms with van der Waals surface area (Å²) in [5.41, 5.74) is 0.614. The van der Waals surface area contributed by atoms with E-state index in [4.69, 9.17) is 0 Å². The highest BCUT2D eigenvalue weighted by atomic mass is 79.9. The molecule has 5 heteroatoms. The van der Waals surface area contributed by atoms with Crippen LogP contribution in [0, 0.1) is 5.82 Å². The number of hydrogen-bond donors (Lipinski definition) is 2. The summed E-state index contributed by atoms with van der Waals surface area (Å²) < 4.78 is 13.8. The summed E-state index contributed by atoms with van der Waals surface area (Å²) >= 11 is 3.10. The van der Waals surface area contributed by atoms with Crippen molar-refractivity contribution in [2.24, 2.45) is 0 Å². The zero-order chi connectivity index (χ0) is 12.6. The number of hydrogen-bond acceptors (Lipinski definition) is 2. The highest BCUT2D eigenvalue weighted by Gasteiger charge is 2.39. The van der Waals surface area contributed by atoms with Crippen LogP contribution < -0.4 is 10.6 Å². The Morgan fingerprint density at radius 1 is 1.29 bits per heavy atom. The number of halogens is 2. The van der Waals surface area contributed by atoms with E-state index in [1.165, 1.54) is 6.07 Å². The SMILES string of the molecule is CCC1(CC)Nc2cc(F)c(Br)cc2NC1=O. The van der Waals surface area contributed by atoms with Crippen molar-refractivity contribution < 1.29 is 9.18 Å². The van der Waals surface area contributed by atoms with Gasteiger partial charge in [0, 0.05) is 6.07 Å². The van der Waals surface area contributed by atoms with Gasteiger partial charge in [0.1, 0.15) is 11.4 Å². The van der Waals surface area contributed by atoms with Crippen LogP contribution in [-0.2, 0) is 4.79 Å². The Balaban J connectivity index is 2.47. The van der Waals surface area contributed by atoms with Gasteiger partial charge in [-0.3, -0.25) is 4.79 Å². The van der Waals surface area contributed by atoms with Gasteiger partial charge < -0.3 is 10.6 Å². The van der Waals surface area contributed by atoms with Crippen LogP contribution in [0.1, 0.15) is 26.7 Å². The maximum absolute atomic E-state index is 13.5. The van der Waals surface area contributed by atoms with Crippen LogP contribution in [0.5, 0.6) is 0 Å². The molecule has 1 aliphatic heterocycles. The molecule has 0 saturated carbocycles. The zero-order valence-corrected chi connectivity index (χ0v) is 11.3. The molecule has 2 N–H and O–H groups in total. The Morgan fingerprint density at radius 3 is 2.53 bits per heavy atom. The van der Waals surface area contributed by atoms with E-state index in [1.54, 1.807) is 6.07 Å². The number of fused-ring (bicyclic) bond motifs is 1. The standard InChI is InChI=1S/C12H14BrFN2O/c1-3-12(4-2)11(17)15-9-5-7(13)8(14)6-10(9)16-12/h5-6,16H,3-4H2,1-2H3,(H,15,17). The molecular weight excluding hydrogens is 287 g/mol. The predicted molar refractivity (Wildman–Crippen MR) is 69.7 cm³/mol. The molecule has 0 bridgehead atoms. The summed E-state index contributed by atoms with van der Waals surface area (Å²) in [5, 5.41) is 5.98. The largest absolute Gasteiger partial charge is 0.369 e. The minimum Gasteiger partial charge on any atom is -0.369 e. The van der Waals surface area contributed by atoms with E-state index in [2.05, 4.69) is 26.6 Å². The van der Waals surface area contributed by atoms with Crippen LogP contribution >= 0.6 is 15.9 Å². The van der Waals surface area contributed by atoms with Crippen LogP contribution in [0.4, 0.5) is 15.8 Å². The monoisotopic (exact) mass is 300 g/mol. The number of carbonyl (C=O) groups is 1. The van der Waals surface area contributed by atoms with E-state index in [0.29, 0.717) is 28.7 Å². The fourth-order valence-electron chi connectivity index (χ4n) is 2.06. The second-order valence-corrected chi connectivity index (χ2v) is 5.03. The normalized spacial score (nSPS) is 17.1. The van der Waals surface area contributed by atoms with Crippen molar-refractivity contribution in [3.63, 3.8) is 0 Å². The van der Waals surface area contributed by atoms with Gasteiger partial charge in [0.05, 0.1) is 15.8 Å². The molecule has 0 radical (unpaired) electrons. The summed E-state index contributed by atoms with van der Waals surface area (Å²) in [6.07, 6.45) is 1.32. The number of benzene rings is 1. The van der Waals surface area contributed by atoms with Crippen molar-refractivity contribution in [3.8, 4) is 0 Å². The molecule has 1 amide bonds. The molecule has 92 valence electrons. The molecule has 0 unspecified atom stereocenters. The first-order valence-electron chi connectivity index (χ1n) is 5.61. The summed E-state index contributed by atoms with van der Waals surface area (Å²) in [5.74, 6) is -0.401. The van der Waals surface area contributed by atoms with Gasteiger partial charge in [-0.25, -0.2) is 4.39 Å². The van der Waals surface area contributed by atoms with Crippen molar-refractivity contribution >= 4 is 33.2 Å². The Labute approximate surface area is 108 Å². The van der Waals surface area contributed by atoms with E-state index in [1.807, 2.05) is 13.8 Å². The van der Waals surface area contributed by atoms with Gasteiger partial charge in [-0.05, 0) is 34.8 Å². The average molecular weight is 301 g/mol. The van der Waals surface area contributed by atoms with Gasteiger partial charge in [-0.1, -0.05) is 13.8 Å². The fraction of sp³-hybridized carbons (Fsp3) is 0.417. The highest BCUT2D eigenvalue weighted by Crippen LogP contribution is 2.37. The minimum atomic E-state index is -0.632. The van der Waals surface area contributed by atoms with Crippen LogP contribution in [-0.4, -0.2) is 11.4 Å². The van der Waals surface area contributed by atoms with E-state index in [0.717, 1.165) is 0 Å². The van der Waals surface area contributed by atoms with Crippen molar-refractivity contribution in [2.75, 3.05) is 10.6 Å². The number of amides is 1. The molecule has 1 aromatic rings. The minimum absolute atomic E-state index is 0.0616. The summed E-state index contributed by atoms with van der Waals surface area (Å²) in [6, 6.07) is 2.98. The topological polar surface area (TPSA) is 41.1 Å². The lowest BCUT2D eigenvalue weighted by Gasteiger charge is -2.37. The summed E-state index contributed by atoms with van der Waals surface area (Å²) in [6.45, 7) is 3.88. The quantitative estimate of drug-likeness (QED) is 0.877. The smallest absolute Gasteiger partial charge is 0.250 e. The van der Waals surface area contributed by atoms with Crippen LogP contribution in [0.2, 0.25) is 0 Å². The molecule has 0 atom stereocenters. The van der Waals surface area contributed by atoms with Crippen molar-refractivity contribution in [3.05, 3.63) is 22.4 Å². The van der Waals surface area contributed by atoms with Gasteiger partial charge >= 0.3 is 0 Å². The van der Waals surface area contributed by atoms with Crippen molar-refractivity contribution in [1.82, 2.24) is 0 Å². The predicted octanol–water partition coefficient (Wildman–Crippen LogP) is 3.51. The van der Waals surface area contributed by atoms with Gasteiger partial charge in [0.2, 0.25) is 5.91 Å². The molecule has 1 heterocycles. The summed E-state index contributed by atoms with van der Waals surface area (Å²) in [7, 11) is 0. The molecule has 0 fully saturated rings. The van der Waals surface area contributed by atoms with Crippen LogP contribution in [0.25, 0.3) is 0 Å². The first kappa shape index (κ1) is 12.4. The molecule has 3 nitrogen and oxygen atoms in total. The van der Waals surface area contributed by atoms with Gasteiger partial charge in [-0.2, -0.15) is 0 Å². The molecule has 0 saturated heterocycles. The van der Waals surface area contributed by atoms with E-state index in [-0.39, 0.29) is 11.7 Å².